The molecular formula is C15H15N3S. The van der Waals surface area contributed by atoms with E-state index in [1.54, 1.807) is 11.3 Å². The van der Waals surface area contributed by atoms with Crippen molar-refractivity contribution >= 4 is 28.1 Å². The zero-order chi connectivity index (χ0) is 13.2. The van der Waals surface area contributed by atoms with Gasteiger partial charge < -0.3 is 5.32 Å². The Balaban J connectivity index is 2.28. The van der Waals surface area contributed by atoms with Gasteiger partial charge in [0, 0.05) is 22.9 Å². The van der Waals surface area contributed by atoms with Crippen molar-refractivity contribution < 1.29 is 0 Å². The van der Waals surface area contributed by atoms with E-state index in [2.05, 4.69) is 47.7 Å². The maximum Gasteiger partial charge on any atom is 0.163 e. The first-order valence-electron chi connectivity index (χ1n) is 6.33. The summed E-state index contributed by atoms with van der Waals surface area (Å²) in [4.78, 5) is 9.37. The van der Waals surface area contributed by atoms with Gasteiger partial charge in [0.25, 0.3) is 0 Å². The van der Waals surface area contributed by atoms with Crippen LogP contribution in [-0.2, 0) is 0 Å². The van der Waals surface area contributed by atoms with Gasteiger partial charge in [-0.15, -0.1) is 0 Å². The first-order chi connectivity index (χ1) is 9.29. The molecule has 0 radical (unpaired) electrons. The number of para-hydroxylation sites is 1. The molecule has 4 heteroatoms. The molecule has 0 atom stereocenters. The maximum atomic E-state index is 4.72. The van der Waals surface area contributed by atoms with Crippen LogP contribution in [0.4, 0.5) is 5.82 Å². The number of nitrogens with zero attached hydrogens (tertiary/aromatic N) is 2. The van der Waals surface area contributed by atoms with Crippen molar-refractivity contribution in [3.63, 3.8) is 0 Å². The molecule has 3 nitrogen and oxygen atoms in total. The molecule has 3 rings (SSSR count). The van der Waals surface area contributed by atoms with E-state index in [-0.39, 0.29) is 0 Å². The van der Waals surface area contributed by atoms with Crippen LogP contribution in [0.1, 0.15) is 12.5 Å². The molecule has 0 aliphatic carbocycles. The zero-order valence-corrected chi connectivity index (χ0v) is 11.8. The zero-order valence-electron chi connectivity index (χ0n) is 11.0. The summed E-state index contributed by atoms with van der Waals surface area (Å²) >= 11 is 1.66. The van der Waals surface area contributed by atoms with Gasteiger partial charge in [0.1, 0.15) is 5.82 Å². The first kappa shape index (κ1) is 12.1. The van der Waals surface area contributed by atoms with Gasteiger partial charge >= 0.3 is 0 Å². The minimum absolute atomic E-state index is 0.791. The lowest BCUT2D eigenvalue weighted by atomic mass is 10.1. The van der Waals surface area contributed by atoms with Crippen molar-refractivity contribution in [2.24, 2.45) is 0 Å². The Hall–Kier alpha value is -1.94. The number of nitrogens with one attached hydrogen (secondary N) is 1. The molecule has 0 amide bonds. The van der Waals surface area contributed by atoms with Crippen molar-refractivity contribution in [1.29, 1.82) is 0 Å². The summed E-state index contributed by atoms with van der Waals surface area (Å²) in [5, 5.41) is 8.54. The normalized spacial score (nSPS) is 10.8. The highest BCUT2D eigenvalue weighted by atomic mass is 32.1. The largest absolute Gasteiger partial charge is 0.370 e. The molecule has 3 aromatic rings. The monoisotopic (exact) mass is 269 g/mol. The van der Waals surface area contributed by atoms with Gasteiger partial charge in [-0.1, -0.05) is 12.1 Å². The predicted molar refractivity (Wildman–Crippen MR) is 81.8 cm³/mol. The van der Waals surface area contributed by atoms with Crippen molar-refractivity contribution in [1.82, 2.24) is 9.97 Å². The highest BCUT2D eigenvalue weighted by Gasteiger charge is 2.10. The topological polar surface area (TPSA) is 37.8 Å². The van der Waals surface area contributed by atoms with E-state index in [1.165, 1.54) is 5.56 Å². The fraction of sp³-hybridized carbons (Fsp3) is 0.200. The summed E-state index contributed by atoms with van der Waals surface area (Å²) < 4.78 is 0. The number of rotatable bonds is 3. The minimum Gasteiger partial charge on any atom is -0.370 e. The Morgan fingerprint density at radius 2 is 2.11 bits per heavy atom. The molecule has 0 unspecified atom stereocenters. The molecule has 2 aromatic heterocycles. The number of aryl methyl sites for hydroxylation is 1. The summed E-state index contributed by atoms with van der Waals surface area (Å²) in [7, 11) is 0. The number of benzene rings is 1. The van der Waals surface area contributed by atoms with Gasteiger partial charge in [-0.05, 0) is 36.9 Å². The van der Waals surface area contributed by atoms with Crippen LogP contribution in [-0.4, -0.2) is 16.5 Å². The van der Waals surface area contributed by atoms with Gasteiger partial charge in [-0.3, -0.25) is 0 Å². The lowest BCUT2D eigenvalue weighted by Crippen LogP contribution is -2.03. The van der Waals surface area contributed by atoms with E-state index in [1.807, 2.05) is 11.4 Å². The summed E-state index contributed by atoms with van der Waals surface area (Å²) in [5.41, 5.74) is 3.28. The van der Waals surface area contributed by atoms with Gasteiger partial charge in [0.2, 0.25) is 0 Å². The number of hydrogen-bond acceptors (Lipinski definition) is 4. The van der Waals surface area contributed by atoms with Crippen molar-refractivity contribution in [3.05, 3.63) is 40.6 Å². The molecule has 0 aliphatic heterocycles. The Morgan fingerprint density at radius 1 is 1.21 bits per heavy atom. The first-order valence-corrected chi connectivity index (χ1v) is 7.27. The molecule has 96 valence electrons. The fourth-order valence-corrected chi connectivity index (χ4v) is 2.75. The number of thiophene rings is 1. The molecule has 0 aliphatic rings. The molecular weight excluding hydrogens is 254 g/mol. The van der Waals surface area contributed by atoms with Gasteiger partial charge in [-0.2, -0.15) is 11.3 Å². The standard InChI is InChI=1S/C15H15N3S/c1-3-16-15-12-6-4-5-10(2)13(12)17-14(18-15)11-7-8-19-9-11/h4-9H,3H2,1-2H3,(H,16,17,18). The average molecular weight is 269 g/mol. The molecule has 2 heterocycles. The number of anilines is 1. The summed E-state index contributed by atoms with van der Waals surface area (Å²) in [6, 6.07) is 8.26. The van der Waals surface area contributed by atoms with Crippen LogP contribution in [0.3, 0.4) is 0 Å². The smallest absolute Gasteiger partial charge is 0.163 e. The number of fused-ring (bicyclic) bond motifs is 1. The second kappa shape index (κ2) is 4.97. The van der Waals surface area contributed by atoms with Crippen molar-refractivity contribution in [2.75, 3.05) is 11.9 Å². The predicted octanol–water partition coefficient (Wildman–Crippen LogP) is 4.10. The molecule has 19 heavy (non-hydrogen) atoms. The third-order valence-electron chi connectivity index (χ3n) is 3.05. The third-order valence-corrected chi connectivity index (χ3v) is 3.74. The fourth-order valence-electron chi connectivity index (χ4n) is 2.12. The Kier molecular flexibility index (Phi) is 3.17. The van der Waals surface area contributed by atoms with Crippen molar-refractivity contribution in [3.8, 4) is 11.4 Å². The van der Waals surface area contributed by atoms with Crippen LogP contribution in [0.2, 0.25) is 0 Å². The summed E-state index contributed by atoms with van der Waals surface area (Å²) in [5.74, 6) is 1.71. The van der Waals surface area contributed by atoms with E-state index in [9.17, 15) is 0 Å². The van der Waals surface area contributed by atoms with E-state index in [0.717, 1.165) is 34.7 Å². The molecule has 0 saturated carbocycles. The molecule has 0 fully saturated rings. The highest BCUT2D eigenvalue weighted by molar-refractivity contribution is 7.08. The second-order valence-electron chi connectivity index (χ2n) is 4.41. The van der Waals surface area contributed by atoms with Crippen LogP contribution in [0.25, 0.3) is 22.3 Å². The summed E-state index contributed by atoms with van der Waals surface area (Å²) in [6.45, 7) is 5.01. The maximum absolute atomic E-state index is 4.72. The van der Waals surface area contributed by atoms with E-state index < -0.39 is 0 Å². The van der Waals surface area contributed by atoms with Gasteiger partial charge in [-0.25, -0.2) is 9.97 Å². The highest BCUT2D eigenvalue weighted by Crippen LogP contribution is 2.27. The molecule has 1 N–H and O–H groups in total. The number of hydrogen-bond donors (Lipinski definition) is 1. The lowest BCUT2D eigenvalue weighted by molar-refractivity contribution is 1.14. The SMILES string of the molecule is CCNc1nc(-c2ccsc2)nc2c(C)cccc12. The number of aromatic nitrogens is 2. The molecule has 0 saturated heterocycles. The molecule has 1 aromatic carbocycles. The van der Waals surface area contributed by atoms with E-state index in [4.69, 9.17) is 4.98 Å². The van der Waals surface area contributed by atoms with Crippen molar-refractivity contribution in [2.45, 2.75) is 13.8 Å². The average Bonchev–Trinajstić information content (AvgIpc) is 2.94. The molecule has 0 spiro atoms. The Labute approximate surface area is 116 Å². The van der Waals surface area contributed by atoms with E-state index in [0.29, 0.717) is 0 Å². The lowest BCUT2D eigenvalue weighted by Gasteiger charge is -2.10. The second-order valence-corrected chi connectivity index (χ2v) is 5.19. The Morgan fingerprint density at radius 3 is 2.84 bits per heavy atom. The Bertz CT molecular complexity index is 705. The molecule has 0 bridgehead atoms. The van der Waals surface area contributed by atoms with E-state index >= 15 is 0 Å². The quantitative estimate of drug-likeness (QED) is 0.778. The third kappa shape index (κ3) is 2.19. The van der Waals surface area contributed by atoms with Crippen LogP contribution in [0.5, 0.6) is 0 Å². The van der Waals surface area contributed by atoms with Crippen LogP contribution < -0.4 is 5.32 Å². The van der Waals surface area contributed by atoms with Crippen LogP contribution in [0, 0.1) is 6.92 Å². The van der Waals surface area contributed by atoms with Crippen LogP contribution >= 0.6 is 11.3 Å². The van der Waals surface area contributed by atoms with Gasteiger partial charge in [0.05, 0.1) is 5.52 Å². The summed E-state index contributed by atoms with van der Waals surface area (Å²) in [6.07, 6.45) is 0. The minimum atomic E-state index is 0.791. The van der Waals surface area contributed by atoms with Crippen LogP contribution in [0.15, 0.2) is 35.0 Å². The van der Waals surface area contributed by atoms with Gasteiger partial charge in [0.15, 0.2) is 5.82 Å².